The molecule has 0 aliphatic heterocycles. The number of rotatable bonds is 2. The normalized spacial score (nSPS) is 10.4. The second kappa shape index (κ2) is 7.33. The Balaban J connectivity index is 0.000000325. The third-order valence-corrected chi connectivity index (χ3v) is 2.22. The smallest absolute Gasteiger partial charge is 0.362 e. The number of amides is 1. The fraction of sp³-hybridized carbons (Fsp3) is 0.375. The number of carbonyl (C=O) groups is 1. The van der Waals surface area contributed by atoms with E-state index in [0.717, 1.165) is 10.6 Å². The van der Waals surface area contributed by atoms with Gasteiger partial charge in [0.2, 0.25) is 5.28 Å². The monoisotopic (exact) mass is 287 g/mol. The fourth-order valence-electron chi connectivity index (χ4n) is 0.542. The Morgan fingerprint density at radius 1 is 1.47 bits per heavy atom. The maximum absolute atomic E-state index is 10.7. The topological polar surface area (TPSA) is 68.9 Å². The van der Waals surface area contributed by atoms with Gasteiger partial charge in [-0.15, -0.1) is 11.8 Å². The zero-order valence-corrected chi connectivity index (χ0v) is 10.2. The highest BCUT2D eigenvalue weighted by Crippen LogP contribution is 2.15. The van der Waals surface area contributed by atoms with Crippen molar-refractivity contribution < 1.29 is 18.0 Å². The summed E-state index contributed by atoms with van der Waals surface area (Å²) in [5.74, 6) is -1.22. The SMILES string of the molecule is CCSc1cnc(Cl)nc1.NC(=O)C(F)(F)F. The largest absolute Gasteiger partial charge is 0.470 e. The van der Waals surface area contributed by atoms with Crippen molar-refractivity contribution in [1.82, 2.24) is 9.97 Å². The third kappa shape index (κ3) is 7.81. The minimum Gasteiger partial charge on any atom is -0.362 e. The van der Waals surface area contributed by atoms with Crippen LogP contribution < -0.4 is 5.73 Å². The van der Waals surface area contributed by atoms with Gasteiger partial charge in [0.1, 0.15) is 0 Å². The quantitative estimate of drug-likeness (QED) is 0.669. The lowest BCUT2D eigenvalue weighted by Gasteiger charge is -1.95. The molecule has 0 spiro atoms. The van der Waals surface area contributed by atoms with Crippen molar-refractivity contribution >= 4 is 29.3 Å². The number of nitrogens with zero attached hydrogens (tertiary/aromatic N) is 2. The van der Waals surface area contributed by atoms with Crippen LogP contribution in [0.5, 0.6) is 0 Å². The predicted octanol–water partition coefficient (Wildman–Crippen LogP) is 2.28. The maximum Gasteiger partial charge on any atom is 0.470 e. The standard InChI is InChI=1S/C6H7ClN2S.C2H2F3NO/c1-2-10-5-3-8-6(7)9-4-5;3-2(4,5)1(6)7/h3-4H,2H2,1H3;(H2,6,7). The van der Waals surface area contributed by atoms with Gasteiger partial charge in [0.15, 0.2) is 0 Å². The summed E-state index contributed by atoms with van der Waals surface area (Å²) in [5.41, 5.74) is 3.81. The Morgan fingerprint density at radius 2 is 1.88 bits per heavy atom. The van der Waals surface area contributed by atoms with Crippen LogP contribution in [0.15, 0.2) is 17.3 Å². The van der Waals surface area contributed by atoms with Crippen LogP contribution in [-0.2, 0) is 4.79 Å². The molecule has 4 nitrogen and oxygen atoms in total. The average molecular weight is 288 g/mol. The van der Waals surface area contributed by atoms with E-state index in [0.29, 0.717) is 5.28 Å². The number of nitrogens with two attached hydrogens (primary N) is 1. The van der Waals surface area contributed by atoms with Crippen molar-refractivity contribution in [2.45, 2.75) is 18.0 Å². The van der Waals surface area contributed by atoms with Crippen LogP contribution >= 0.6 is 23.4 Å². The number of hydrogen-bond donors (Lipinski definition) is 1. The van der Waals surface area contributed by atoms with Gasteiger partial charge < -0.3 is 5.73 Å². The molecule has 17 heavy (non-hydrogen) atoms. The summed E-state index contributed by atoms with van der Waals surface area (Å²) in [6, 6.07) is 0. The van der Waals surface area contributed by atoms with Gasteiger partial charge in [-0.3, -0.25) is 4.79 Å². The molecule has 0 radical (unpaired) electrons. The fourth-order valence-corrected chi connectivity index (χ4v) is 1.23. The molecule has 0 saturated carbocycles. The molecule has 0 saturated heterocycles. The van der Waals surface area contributed by atoms with E-state index in [4.69, 9.17) is 16.4 Å². The van der Waals surface area contributed by atoms with E-state index in [9.17, 15) is 13.2 Å². The van der Waals surface area contributed by atoms with E-state index in [1.54, 1.807) is 24.2 Å². The Morgan fingerprint density at radius 3 is 2.18 bits per heavy atom. The van der Waals surface area contributed by atoms with Crippen LogP contribution in [0, 0.1) is 0 Å². The Bertz CT molecular complexity index is 358. The summed E-state index contributed by atoms with van der Waals surface area (Å²) in [7, 11) is 0. The van der Waals surface area contributed by atoms with Crippen molar-refractivity contribution in [2.75, 3.05) is 5.75 Å². The van der Waals surface area contributed by atoms with E-state index in [1.165, 1.54) is 0 Å². The zero-order chi connectivity index (χ0) is 13.5. The van der Waals surface area contributed by atoms with Crippen LogP contribution in [-0.4, -0.2) is 27.8 Å². The van der Waals surface area contributed by atoms with Crippen molar-refractivity contribution in [3.63, 3.8) is 0 Å². The van der Waals surface area contributed by atoms with Crippen molar-refractivity contribution in [3.8, 4) is 0 Å². The minimum absolute atomic E-state index is 0.306. The summed E-state index contributed by atoms with van der Waals surface area (Å²) in [6.45, 7) is 2.08. The lowest BCUT2D eigenvalue weighted by molar-refractivity contribution is -0.169. The molecule has 1 aromatic heterocycles. The van der Waals surface area contributed by atoms with Crippen LogP contribution in [0.1, 0.15) is 6.92 Å². The number of hydrogen-bond acceptors (Lipinski definition) is 4. The predicted molar refractivity (Wildman–Crippen MR) is 58.7 cm³/mol. The molecule has 96 valence electrons. The van der Waals surface area contributed by atoms with Crippen LogP contribution in [0.3, 0.4) is 0 Å². The zero-order valence-electron chi connectivity index (χ0n) is 8.66. The van der Waals surface area contributed by atoms with Crippen molar-refractivity contribution in [3.05, 3.63) is 17.7 Å². The molecule has 1 aromatic rings. The van der Waals surface area contributed by atoms with Gasteiger partial charge in [-0.25, -0.2) is 9.97 Å². The first kappa shape index (κ1) is 16.0. The second-order valence-electron chi connectivity index (χ2n) is 2.48. The van der Waals surface area contributed by atoms with Gasteiger partial charge in [-0.1, -0.05) is 6.92 Å². The van der Waals surface area contributed by atoms with Crippen molar-refractivity contribution in [2.24, 2.45) is 5.73 Å². The molecule has 0 aromatic carbocycles. The molecule has 0 fully saturated rings. The van der Waals surface area contributed by atoms with Crippen LogP contribution in [0.2, 0.25) is 5.28 Å². The number of aromatic nitrogens is 2. The maximum atomic E-state index is 10.7. The molecule has 0 bridgehead atoms. The molecule has 1 rings (SSSR count). The van der Waals surface area contributed by atoms with Crippen molar-refractivity contribution in [1.29, 1.82) is 0 Å². The molecule has 1 heterocycles. The number of primary amides is 1. The molecular weight excluding hydrogens is 279 g/mol. The van der Waals surface area contributed by atoms with Gasteiger partial charge in [-0.05, 0) is 17.4 Å². The molecular formula is C8H9ClF3N3OS. The summed E-state index contributed by atoms with van der Waals surface area (Å²) in [6.07, 6.45) is -1.41. The van der Waals surface area contributed by atoms with Gasteiger partial charge in [0.05, 0.1) is 0 Å². The summed E-state index contributed by atoms with van der Waals surface area (Å²) >= 11 is 7.18. The van der Waals surface area contributed by atoms with E-state index >= 15 is 0 Å². The molecule has 2 N–H and O–H groups in total. The molecule has 1 amide bonds. The van der Waals surface area contributed by atoms with Gasteiger partial charge in [0, 0.05) is 17.3 Å². The number of alkyl halides is 3. The summed E-state index contributed by atoms with van der Waals surface area (Å²) < 4.78 is 32.1. The van der Waals surface area contributed by atoms with E-state index in [-0.39, 0.29) is 0 Å². The molecule has 0 aliphatic rings. The van der Waals surface area contributed by atoms with Gasteiger partial charge >= 0.3 is 12.1 Å². The number of halogens is 4. The Labute approximate surface area is 105 Å². The summed E-state index contributed by atoms with van der Waals surface area (Å²) in [4.78, 5) is 17.8. The highest BCUT2D eigenvalue weighted by molar-refractivity contribution is 7.99. The first-order chi connectivity index (χ1) is 7.77. The van der Waals surface area contributed by atoms with Crippen LogP contribution in [0.25, 0.3) is 0 Å². The lowest BCUT2D eigenvalue weighted by atomic mass is 10.6. The first-order valence-electron chi connectivity index (χ1n) is 4.24. The number of carbonyl (C=O) groups excluding carboxylic acids is 1. The molecule has 9 heteroatoms. The third-order valence-electron chi connectivity index (χ3n) is 1.19. The molecule has 0 aliphatic carbocycles. The average Bonchev–Trinajstić information content (AvgIpc) is 2.21. The summed E-state index contributed by atoms with van der Waals surface area (Å²) in [5, 5.41) is 0.306. The first-order valence-corrected chi connectivity index (χ1v) is 5.60. The molecule has 0 atom stereocenters. The molecule has 0 unspecified atom stereocenters. The lowest BCUT2D eigenvalue weighted by Crippen LogP contribution is -2.30. The van der Waals surface area contributed by atoms with E-state index in [1.807, 2.05) is 0 Å². The van der Waals surface area contributed by atoms with E-state index in [2.05, 4.69) is 22.6 Å². The number of thioether (sulfide) groups is 1. The van der Waals surface area contributed by atoms with Gasteiger partial charge in [-0.2, -0.15) is 13.2 Å². The Hall–Kier alpha value is -1.02. The second-order valence-corrected chi connectivity index (χ2v) is 4.16. The van der Waals surface area contributed by atoms with E-state index < -0.39 is 12.1 Å². The highest BCUT2D eigenvalue weighted by Gasteiger charge is 2.35. The van der Waals surface area contributed by atoms with Crippen LogP contribution in [0.4, 0.5) is 13.2 Å². The Kier molecular flexibility index (Phi) is 6.89. The minimum atomic E-state index is -4.86. The van der Waals surface area contributed by atoms with Gasteiger partial charge in [0.25, 0.3) is 0 Å². The highest BCUT2D eigenvalue weighted by atomic mass is 35.5.